The Morgan fingerprint density at radius 1 is 0.479 bits per heavy atom. The van der Waals surface area contributed by atoms with Crippen molar-refractivity contribution in [2.75, 3.05) is 21.3 Å². The summed E-state index contributed by atoms with van der Waals surface area (Å²) in [5, 5.41) is 10.7. The maximum Gasteiger partial charge on any atom is 0.339 e. The van der Waals surface area contributed by atoms with Crippen molar-refractivity contribution in [1.82, 2.24) is 0 Å². The minimum atomic E-state index is -4.52. The van der Waals surface area contributed by atoms with Crippen LogP contribution < -0.4 is 29.6 Å². The second-order valence-electron chi connectivity index (χ2n) is 10.4. The Labute approximate surface area is 278 Å². The van der Waals surface area contributed by atoms with Crippen LogP contribution in [0.1, 0.15) is 11.1 Å². The zero-order chi connectivity index (χ0) is 34.3. The average molecular weight is 687 g/mol. The molecule has 4 amide bonds. The number of aryl methyl sites for hydroxylation is 2. The van der Waals surface area contributed by atoms with Crippen LogP contribution in [0.4, 0.5) is 32.3 Å². The number of hydrogen-bond donors (Lipinski definition) is 4. The van der Waals surface area contributed by atoms with Crippen LogP contribution in [-0.4, -0.2) is 28.9 Å². The Bertz CT molecular complexity index is 2050. The summed E-state index contributed by atoms with van der Waals surface area (Å²) in [7, 11) is -9.04. The van der Waals surface area contributed by atoms with Crippen LogP contribution in [0.2, 0.25) is 0 Å². The summed E-state index contributed by atoms with van der Waals surface area (Å²) in [6.45, 7) is 3.68. The summed E-state index contributed by atoms with van der Waals surface area (Å²) in [5.74, 6) is -0.243. The predicted molar refractivity (Wildman–Crippen MR) is 183 cm³/mol. The molecule has 4 N–H and O–H groups in total. The maximum absolute atomic E-state index is 13.1. The summed E-state index contributed by atoms with van der Waals surface area (Å²) in [4.78, 5) is 24.1. The minimum absolute atomic E-state index is 0.121. The molecule has 0 saturated carbocycles. The third-order valence-corrected chi connectivity index (χ3v) is 9.25. The van der Waals surface area contributed by atoms with Crippen LogP contribution in [0.3, 0.4) is 0 Å². The minimum Gasteiger partial charge on any atom is -0.379 e. The van der Waals surface area contributed by atoms with Gasteiger partial charge in [0.25, 0.3) is 0 Å². The largest absolute Gasteiger partial charge is 0.379 e. The molecule has 0 radical (unpaired) electrons. The molecule has 48 heavy (non-hydrogen) atoms. The number of benzene rings is 5. The van der Waals surface area contributed by atoms with E-state index < -0.39 is 42.1 Å². The SMILES string of the molecule is Cc1ccccc1NC(=O)Nc1cccc(OS(=O)(=O)c2cccc(S(=O)(=O)Oc3cccc(NC(=O)Nc4ccccc4C)c3)c2)c1. The fourth-order valence-electron chi connectivity index (χ4n) is 4.38. The lowest BCUT2D eigenvalue weighted by molar-refractivity contribution is 0.261. The fraction of sp³-hybridized carbons (Fsp3) is 0.0588. The second kappa shape index (κ2) is 14.3. The van der Waals surface area contributed by atoms with E-state index in [4.69, 9.17) is 8.37 Å². The van der Waals surface area contributed by atoms with E-state index in [2.05, 4.69) is 21.3 Å². The zero-order valence-electron chi connectivity index (χ0n) is 25.6. The molecule has 5 aromatic rings. The van der Waals surface area contributed by atoms with Crippen LogP contribution in [0.15, 0.2) is 131 Å². The molecule has 0 bridgehead atoms. The van der Waals surface area contributed by atoms with Gasteiger partial charge >= 0.3 is 32.3 Å². The number of urea groups is 2. The lowest BCUT2D eigenvalue weighted by Crippen LogP contribution is -2.20. The Morgan fingerprint density at radius 2 is 0.875 bits per heavy atom. The van der Waals surface area contributed by atoms with Gasteiger partial charge in [-0.05, 0) is 79.6 Å². The molecule has 0 atom stereocenters. The van der Waals surface area contributed by atoms with E-state index in [0.717, 1.165) is 17.2 Å². The van der Waals surface area contributed by atoms with Crippen LogP contribution in [-0.2, 0) is 20.2 Å². The monoisotopic (exact) mass is 686 g/mol. The molecule has 0 aromatic heterocycles. The number of amides is 4. The fourth-order valence-corrected chi connectivity index (χ4v) is 6.40. The van der Waals surface area contributed by atoms with Crippen molar-refractivity contribution in [2.24, 2.45) is 0 Å². The standard InChI is InChI=1S/C34H30N4O8S2/c1-23-10-3-5-18-31(23)37-33(39)35-25-12-7-14-27(20-25)45-47(41,42)29-16-9-17-30(22-29)48(43,44)46-28-15-8-13-26(21-28)36-34(40)38-32-19-6-4-11-24(32)2/h3-22H,1-2H3,(H2,35,37,39)(H2,36,38,40). The van der Waals surface area contributed by atoms with Gasteiger partial charge in [0.05, 0.1) is 0 Å². The number of hydrogen-bond acceptors (Lipinski definition) is 8. The van der Waals surface area contributed by atoms with Crippen molar-refractivity contribution in [1.29, 1.82) is 0 Å². The third kappa shape index (κ3) is 8.69. The summed E-state index contributed by atoms with van der Waals surface area (Å²) in [6.07, 6.45) is 0. The van der Waals surface area contributed by atoms with Gasteiger partial charge in [-0.15, -0.1) is 0 Å². The highest BCUT2D eigenvalue weighted by atomic mass is 32.2. The topological polar surface area (TPSA) is 169 Å². The number of carbonyl (C=O) groups is 2. The molecule has 0 heterocycles. The highest BCUT2D eigenvalue weighted by Crippen LogP contribution is 2.27. The normalized spacial score (nSPS) is 11.2. The highest BCUT2D eigenvalue weighted by molar-refractivity contribution is 7.88. The number of rotatable bonds is 10. The Kier molecular flexibility index (Phi) is 9.96. The lowest BCUT2D eigenvalue weighted by Gasteiger charge is -2.12. The van der Waals surface area contributed by atoms with Gasteiger partial charge < -0.3 is 29.6 Å². The van der Waals surface area contributed by atoms with Crippen LogP contribution in [0.25, 0.3) is 0 Å². The number of anilines is 4. The van der Waals surface area contributed by atoms with Gasteiger partial charge in [-0.2, -0.15) is 16.8 Å². The van der Waals surface area contributed by atoms with Gasteiger partial charge in [-0.25, -0.2) is 9.59 Å². The molecule has 5 aromatic carbocycles. The van der Waals surface area contributed by atoms with Crippen molar-refractivity contribution in [3.8, 4) is 11.5 Å². The molecule has 246 valence electrons. The second-order valence-corrected chi connectivity index (χ2v) is 13.5. The van der Waals surface area contributed by atoms with E-state index in [0.29, 0.717) is 11.4 Å². The molecule has 0 aliphatic rings. The number of carbonyl (C=O) groups excluding carboxylic acids is 2. The van der Waals surface area contributed by atoms with Gasteiger partial charge in [-0.3, -0.25) is 0 Å². The third-order valence-electron chi connectivity index (χ3n) is 6.77. The van der Waals surface area contributed by atoms with Crippen LogP contribution >= 0.6 is 0 Å². The van der Waals surface area contributed by atoms with E-state index in [-0.39, 0.29) is 22.9 Å². The number of para-hydroxylation sites is 2. The molecule has 12 nitrogen and oxygen atoms in total. The number of nitrogens with one attached hydrogen (secondary N) is 4. The van der Waals surface area contributed by atoms with E-state index >= 15 is 0 Å². The summed E-state index contributed by atoms with van der Waals surface area (Å²) in [6, 6.07) is 29.2. The average Bonchev–Trinajstić information content (AvgIpc) is 3.03. The maximum atomic E-state index is 13.1. The lowest BCUT2D eigenvalue weighted by atomic mass is 10.2. The smallest absolute Gasteiger partial charge is 0.339 e. The van der Waals surface area contributed by atoms with Crippen LogP contribution in [0, 0.1) is 13.8 Å². The van der Waals surface area contributed by atoms with Gasteiger partial charge in [-0.1, -0.05) is 54.6 Å². The Hall–Kier alpha value is -5.86. The molecule has 0 aliphatic carbocycles. The van der Waals surface area contributed by atoms with E-state index in [1.54, 1.807) is 36.4 Å². The quantitative estimate of drug-likeness (QED) is 0.113. The van der Waals surface area contributed by atoms with E-state index in [1.165, 1.54) is 54.6 Å². The molecule has 0 aliphatic heterocycles. The molecule has 5 rings (SSSR count). The summed E-state index contributed by atoms with van der Waals surface area (Å²) < 4.78 is 63.1. The van der Waals surface area contributed by atoms with Gasteiger partial charge in [0.15, 0.2) is 0 Å². The molecular weight excluding hydrogens is 657 g/mol. The Balaban J connectivity index is 1.25. The van der Waals surface area contributed by atoms with Crippen molar-refractivity contribution >= 4 is 55.0 Å². The van der Waals surface area contributed by atoms with Crippen molar-refractivity contribution in [2.45, 2.75) is 23.6 Å². The molecule has 0 saturated heterocycles. The summed E-state index contributed by atoms with van der Waals surface area (Å²) >= 11 is 0. The summed E-state index contributed by atoms with van der Waals surface area (Å²) in [5.41, 5.74) is 3.43. The van der Waals surface area contributed by atoms with Crippen molar-refractivity contribution in [3.63, 3.8) is 0 Å². The van der Waals surface area contributed by atoms with Gasteiger partial charge in [0.1, 0.15) is 21.3 Å². The first-order chi connectivity index (χ1) is 22.9. The van der Waals surface area contributed by atoms with Crippen LogP contribution in [0.5, 0.6) is 11.5 Å². The van der Waals surface area contributed by atoms with Gasteiger partial charge in [0, 0.05) is 34.9 Å². The van der Waals surface area contributed by atoms with Crippen molar-refractivity contribution < 1.29 is 34.8 Å². The first-order valence-corrected chi connectivity index (χ1v) is 17.2. The molecule has 0 spiro atoms. The first kappa shape index (κ1) is 33.5. The Morgan fingerprint density at radius 3 is 1.29 bits per heavy atom. The predicted octanol–water partition coefficient (Wildman–Crippen LogP) is 7.13. The first-order valence-electron chi connectivity index (χ1n) is 14.3. The molecule has 0 fully saturated rings. The van der Waals surface area contributed by atoms with E-state index in [1.807, 2.05) is 38.1 Å². The van der Waals surface area contributed by atoms with E-state index in [9.17, 15) is 26.4 Å². The highest BCUT2D eigenvalue weighted by Gasteiger charge is 2.23. The van der Waals surface area contributed by atoms with Gasteiger partial charge in [0.2, 0.25) is 0 Å². The van der Waals surface area contributed by atoms with Crippen molar-refractivity contribution in [3.05, 3.63) is 132 Å². The molecular formula is C34H30N4O8S2. The molecule has 0 unspecified atom stereocenters. The molecule has 14 heteroatoms. The zero-order valence-corrected chi connectivity index (χ0v) is 27.3.